The fraction of sp³-hybridized carbons (Fsp3) is 0.292. The zero-order valence-corrected chi connectivity index (χ0v) is 17.6. The minimum absolute atomic E-state index is 0.00668. The molecule has 2 aromatic carbocycles. The summed E-state index contributed by atoms with van der Waals surface area (Å²) < 4.78 is 10.7. The number of aromatic hydroxyl groups is 3. The highest BCUT2D eigenvalue weighted by Crippen LogP contribution is 2.39. The van der Waals surface area contributed by atoms with Crippen LogP contribution in [0.2, 0.25) is 0 Å². The van der Waals surface area contributed by atoms with E-state index in [1.54, 1.807) is 0 Å². The topological polar surface area (TPSA) is 100 Å². The van der Waals surface area contributed by atoms with Gasteiger partial charge in [0.25, 0.3) is 0 Å². The van der Waals surface area contributed by atoms with Gasteiger partial charge in [-0.3, -0.25) is 4.79 Å². The van der Waals surface area contributed by atoms with Crippen LogP contribution in [0.25, 0.3) is 21.9 Å². The third-order valence-corrected chi connectivity index (χ3v) is 5.04. The number of allylic oxidation sites excluding steroid dienone is 4. The van der Waals surface area contributed by atoms with Crippen LogP contribution in [0.4, 0.5) is 0 Å². The Morgan fingerprint density at radius 1 is 1.07 bits per heavy atom. The van der Waals surface area contributed by atoms with Crippen LogP contribution in [0.5, 0.6) is 23.0 Å². The molecule has 0 saturated heterocycles. The third kappa shape index (κ3) is 4.13. The average molecular weight is 410 g/mol. The van der Waals surface area contributed by atoms with E-state index in [2.05, 4.69) is 19.9 Å². The lowest BCUT2D eigenvalue weighted by molar-refractivity contribution is 0.397. The number of benzene rings is 2. The van der Waals surface area contributed by atoms with Gasteiger partial charge >= 0.3 is 0 Å². The number of phenolic OH excluding ortho intramolecular Hbond substituents is 3. The molecule has 0 saturated carbocycles. The Morgan fingerprint density at radius 2 is 1.80 bits per heavy atom. The average Bonchev–Trinajstić information content (AvgIpc) is 2.69. The van der Waals surface area contributed by atoms with Crippen molar-refractivity contribution in [1.29, 1.82) is 0 Å². The summed E-state index contributed by atoms with van der Waals surface area (Å²) in [5.41, 5.74) is 2.24. The van der Waals surface area contributed by atoms with Crippen molar-refractivity contribution >= 4 is 21.9 Å². The molecule has 0 amide bonds. The maximum atomic E-state index is 13.0. The molecule has 0 unspecified atom stereocenters. The molecule has 0 spiro atoms. The van der Waals surface area contributed by atoms with E-state index in [9.17, 15) is 20.1 Å². The molecule has 3 aromatic rings. The van der Waals surface area contributed by atoms with Crippen molar-refractivity contribution in [2.45, 2.75) is 40.0 Å². The molecule has 3 rings (SSSR count). The Balaban J connectivity index is 2.08. The van der Waals surface area contributed by atoms with Crippen LogP contribution in [-0.2, 0) is 6.42 Å². The van der Waals surface area contributed by atoms with Crippen molar-refractivity contribution in [3.05, 3.63) is 57.3 Å². The Kier molecular flexibility index (Phi) is 6.06. The molecule has 0 aliphatic carbocycles. The van der Waals surface area contributed by atoms with Gasteiger partial charge in [-0.2, -0.15) is 0 Å². The van der Waals surface area contributed by atoms with Crippen molar-refractivity contribution in [2.75, 3.05) is 7.11 Å². The lowest BCUT2D eigenvalue weighted by Gasteiger charge is -2.10. The second-order valence-corrected chi connectivity index (χ2v) is 7.64. The van der Waals surface area contributed by atoms with Gasteiger partial charge in [-0.1, -0.05) is 23.3 Å². The number of fused-ring (bicyclic) bond motifs is 2. The predicted octanol–water partition coefficient (Wildman–Crippen LogP) is 5.31. The third-order valence-electron chi connectivity index (χ3n) is 5.04. The van der Waals surface area contributed by atoms with Gasteiger partial charge in [-0.15, -0.1) is 0 Å². The van der Waals surface area contributed by atoms with E-state index in [1.807, 2.05) is 13.0 Å². The molecule has 158 valence electrons. The lowest BCUT2D eigenvalue weighted by Crippen LogP contribution is -2.04. The maximum absolute atomic E-state index is 13.0. The van der Waals surface area contributed by atoms with Gasteiger partial charge in [0.1, 0.15) is 22.5 Å². The highest BCUT2D eigenvalue weighted by atomic mass is 16.5. The fourth-order valence-electron chi connectivity index (χ4n) is 3.35. The van der Waals surface area contributed by atoms with Gasteiger partial charge in [0.05, 0.1) is 12.5 Å². The Bertz CT molecular complexity index is 1230. The van der Waals surface area contributed by atoms with Crippen molar-refractivity contribution in [2.24, 2.45) is 0 Å². The summed E-state index contributed by atoms with van der Waals surface area (Å²) in [7, 11) is 1.42. The van der Waals surface area contributed by atoms with Gasteiger partial charge in [0.15, 0.2) is 11.3 Å². The molecule has 6 heteroatoms. The summed E-state index contributed by atoms with van der Waals surface area (Å²) in [6, 6.07) is 4.27. The Labute approximate surface area is 174 Å². The number of phenols is 3. The number of methoxy groups -OCH3 is 1. The standard InChI is InChI=1S/C24H26O6/c1-13(2)6-5-7-14(3)8-9-15-10-17-22(27)20-18(25)11-16(29-4)12-19(20)30-24(17)23(28)21(15)26/h6,8,10-12,25-26,28H,5,7,9H2,1-4H3. The molecule has 1 heterocycles. The van der Waals surface area contributed by atoms with Crippen LogP contribution < -0.4 is 10.2 Å². The molecular weight excluding hydrogens is 384 g/mol. The summed E-state index contributed by atoms with van der Waals surface area (Å²) in [4.78, 5) is 13.0. The van der Waals surface area contributed by atoms with Crippen LogP contribution in [-0.4, -0.2) is 22.4 Å². The molecule has 1 aromatic heterocycles. The van der Waals surface area contributed by atoms with Crippen LogP contribution in [0.3, 0.4) is 0 Å². The van der Waals surface area contributed by atoms with Crippen LogP contribution in [0.15, 0.2) is 50.7 Å². The van der Waals surface area contributed by atoms with E-state index in [1.165, 1.54) is 30.9 Å². The first-order chi connectivity index (χ1) is 14.2. The van der Waals surface area contributed by atoms with E-state index in [0.717, 1.165) is 18.4 Å². The van der Waals surface area contributed by atoms with E-state index in [0.29, 0.717) is 17.7 Å². The van der Waals surface area contributed by atoms with E-state index < -0.39 is 11.2 Å². The van der Waals surface area contributed by atoms with Gasteiger partial charge < -0.3 is 24.5 Å². The SMILES string of the molecule is COc1cc(O)c2c(=O)c3cc(CC=C(C)CCC=C(C)C)c(O)c(O)c3oc2c1. The molecule has 3 N–H and O–H groups in total. The van der Waals surface area contributed by atoms with Crippen molar-refractivity contribution in [1.82, 2.24) is 0 Å². The largest absolute Gasteiger partial charge is 0.507 e. The van der Waals surface area contributed by atoms with E-state index in [4.69, 9.17) is 9.15 Å². The van der Waals surface area contributed by atoms with Crippen LogP contribution in [0, 0.1) is 0 Å². The fourth-order valence-corrected chi connectivity index (χ4v) is 3.35. The predicted molar refractivity (Wildman–Crippen MR) is 118 cm³/mol. The number of rotatable bonds is 6. The first-order valence-corrected chi connectivity index (χ1v) is 9.73. The number of hydrogen-bond acceptors (Lipinski definition) is 6. The van der Waals surface area contributed by atoms with Gasteiger partial charge in [-0.05, 0) is 46.1 Å². The molecule has 0 radical (unpaired) electrons. The zero-order chi connectivity index (χ0) is 22.0. The van der Waals surface area contributed by atoms with Gasteiger partial charge in [0.2, 0.25) is 11.2 Å². The van der Waals surface area contributed by atoms with E-state index in [-0.39, 0.29) is 33.4 Å². The first kappa shape index (κ1) is 21.3. The Morgan fingerprint density at radius 3 is 2.47 bits per heavy atom. The maximum Gasteiger partial charge on any atom is 0.204 e. The van der Waals surface area contributed by atoms with Crippen molar-refractivity contribution in [3.63, 3.8) is 0 Å². The van der Waals surface area contributed by atoms with Gasteiger partial charge in [-0.25, -0.2) is 0 Å². The normalized spacial score (nSPS) is 11.8. The first-order valence-electron chi connectivity index (χ1n) is 9.73. The molecular formula is C24H26O6. The summed E-state index contributed by atoms with van der Waals surface area (Å²) in [6.45, 7) is 6.11. The quantitative estimate of drug-likeness (QED) is 0.289. The monoisotopic (exact) mass is 410 g/mol. The number of hydrogen-bond donors (Lipinski definition) is 3. The Hall–Kier alpha value is -3.41. The molecule has 0 aliphatic rings. The van der Waals surface area contributed by atoms with E-state index >= 15 is 0 Å². The molecule has 0 fully saturated rings. The molecule has 30 heavy (non-hydrogen) atoms. The summed E-state index contributed by atoms with van der Waals surface area (Å²) in [5, 5.41) is 31.3. The summed E-state index contributed by atoms with van der Waals surface area (Å²) >= 11 is 0. The van der Waals surface area contributed by atoms with Crippen LogP contribution >= 0.6 is 0 Å². The molecule has 0 bridgehead atoms. The van der Waals surface area contributed by atoms with Gasteiger partial charge in [0, 0.05) is 17.7 Å². The highest BCUT2D eigenvalue weighted by molar-refractivity contribution is 5.97. The minimum Gasteiger partial charge on any atom is -0.507 e. The summed E-state index contributed by atoms with van der Waals surface area (Å²) in [6.07, 6.45) is 6.28. The highest BCUT2D eigenvalue weighted by Gasteiger charge is 2.20. The molecule has 0 atom stereocenters. The summed E-state index contributed by atoms with van der Waals surface area (Å²) in [5.74, 6) is -0.800. The minimum atomic E-state index is -0.501. The van der Waals surface area contributed by atoms with Crippen molar-refractivity contribution < 1.29 is 24.5 Å². The van der Waals surface area contributed by atoms with Crippen molar-refractivity contribution in [3.8, 4) is 23.0 Å². The second kappa shape index (κ2) is 8.53. The second-order valence-electron chi connectivity index (χ2n) is 7.64. The smallest absolute Gasteiger partial charge is 0.204 e. The number of ether oxygens (including phenoxy) is 1. The molecule has 0 aliphatic heterocycles. The lowest BCUT2D eigenvalue weighted by atomic mass is 10.0. The van der Waals surface area contributed by atoms with Crippen LogP contribution in [0.1, 0.15) is 39.2 Å². The molecule has 6 nitrogen and oxygen atoms in total. The zero-order valence-electron chi connectivity index (χ0n) is 17.6.